The third-order valence-corrected chi connectivity index (χ3v) is 2.72. The zero-order chi connectivity index (χ0) is 12.2. The molecule has 0 aromatic carbocycles. The van der Waals surface area contributed by atoms with Crippen LogP contribution in [0.1, 0.15) is 45.4 Å². The van der Waals surface area contributed by atoms with Crippen LogP contribution in [-0.4, -0.2) is 19.0 Å². The maximum atomic E-state index is 11.4. The summed E-state index contributed by atoms with van der Waals surface area (Å²) in [5, 5.41) is 11.1. The number of carbonyl (C=O) groups is 1. The molecule has 0 aliphatic heterocycles. The number of nitrogens with one attached hydrogen (secondary N) is 1. The minimum absolute atomic E-state index is 0.0911. The highest BCUT2D eigenvalue weighted by atomic mass is 16.1. The van der Waals surface area contributed by atoms with E-state index in [9.17, 15) is 4.79 Å². The monoisotopic (exact) mass is 225 g/mol. The number of nitrogens with two attached hydrogens (primary N) is 1. The molecule has 0 aliphatic rings. The molecule has 0 bridgehead atoms. The molecular formula is C12H23N3O. The van der Waals surface area contributed by atoms with Crippen LogP contribution in [0.15, 0.2) is 0 Å². The molecule has 0 radical (unpaired) electrons. The van der Waals surface area contributed by atoms with Crippen molar-refractivity contribution in [1.29, 1.82) is 5.26 Å². The molecule has 0 aromatic heterocycles. The Morgan fingerprint density at radius 2 is 2.25 bits per heavy atom. The van der Waals surface area contributed by atoms with E-state index in [4.69, 9.17) is 11.0 Å². The molecule has 4 nitrogen and oxygen atoms in total. The van der Waals surface area contributed by atoms with Gasteiger partial charge in [0.1, 0.15) is 0 Å². The van der Waals surface area contributed by atoms with Crippen molar-refractivity contribution in [2.24, 2.45) is 11.7 Å². The lowest BCUT2D eigenvalue weighted by atomic mass is 9.96. The van der Waals surface area contributed by atoms with Crippen molar-refractivity contribution in [3.8, 4) is 6.07 Å². The number of hydrogen-bond donors (Lipinski definition) is 2. The molecule has 0 rings (SSSR count). The third-order valence-electron chi connectivity index (χ3n) is 2.72. The van der Waals surface area contributed by atoms with E-state index in [1.807, 2.05) is 0 Å². The van der Waals surface area contributed by atoms with Gasteiger partial charge in [-0.25, -0.2) is 0 Å². The molecule has 4 heteroatoms. The van der Waals surface area contributed by atoms with Gasteiger partial charge in [-0.15, -0.1) is 0 Å². The normalized spacial score (nSPS) is 11.8. The van der Waals surface area contributed by atoms with Crippen molar-refractivity contribution >= 4 is 5.91 Å². The maximum absolute atomic E-state index is 11.4. The molecule has 0 aromatic rings. The second-order valence-corrected chi connectivity index (χ2v) is 4.00. The summed E-state index contributed by atoms with van der Waals surface area (Å²) in [6.07, 6.45) is 4.81. The van der Waals surface area contributed by atoms with Crippen LogP contribution in [0, 0.1) is 17.2 Å². The van der Waals surface area contributed by atoms with Crippen molar-refractivity contribution in [2.45, 2.75) is 45.4 Å². The first-order valence-corrected chi connectivity index (χ1v) is 6.08. The van der Waals surface area contributed by atoms with E-state index in [0.29, 0.717) is 31.8 Å². The number of carbonyl (C=O) groups excluding carboxylic acids is 1. The lowest BCUT2D eigenvalue weighted by molar-refractivity contribution is -0.121. The Morgan fingerprint density at radius 3 is 2.81 bits per heavy atom. The molecule has 16 heavy (non-hydrogen) atoms. The molecule has 0 spiro atoms. The van der Waals surface area contributed by atoms with Gasteiger partial charge in [0.25, 0.3) is 0 Å². The smallest absolute Gasteiger partial charge is 0.220 e. The van der Waals surface area contributed by atoms with Gasteiger partial charge in [-0.1, -0.05) is 13.3 Å². The summed E-state index contributed by atoms with van der Waals surface area (Å²) in [5.41, 5.74) is 5.49. The molecule has 0 heterocycles. The molecule has 3 N–H and O–H groups in total. The van der Waals surface area contributed by atoms with Crippen LogP contribution < -0.4 is 11.1 Å². The highest BCUT2D eigenvalue weighted by Gasteiger charge is 2.08. The van der Waals surface area contributed by atoms with E-state index < -0.39 is 0 Å². The molecule has 0 saturated heterocycles. The van der Waals surface area contributed by atoms with E-state index in [0.717, 1.165) is 25.7 Å². The number of hydrogen-bond acceptors (Lipinski definition) is 3. The molecule has 1 atom stereocenters. The van der Waals surface area contributed by atoms with Crippen molar-refractivity contribution in [3.05, 3.63) is 0 Å². The molecule has 0 aliphatic carbocycles. The van der Waals surface area contributed by atoms with Crippen LogP contribution in [-0.2, 0) is 4.79 Å². The Hall–Kier alpha value is -1.08. The predicted octanol–water partition coefficient (Wildman–Crippen LogP) is 1.56. The number of rotatable bonds is 9. The topological polar surface area (TPSA) is 78.9 Å². The van der Waals surface area contributed by atoms with Gasteiger partial charge in [0.05, 0.1) is 6.07 Å². The fourth-order valence-corrected chi connectivity index (χ4v) is 1.61. The summed E-state index contributed by atoms with van der Waals surface area (Å²) in [6, 6.07) is 2.05. The fraction of sp³-hybridized carbons (Fsp3) is 0.833. The Morgan fingerprint density at radius 1 is 1.50 bits per heavy atom. The maximum Gasteiger partial charge on any atom is 0.220 e. The Bertz CT molecular complexity index is 223. The average Bonchev–Trinajstić information content (AvgIpc) is 2.30. The van der Waals surface area contributed by atoms with Crippen LogP contribution in [0.4, 0.5) is 0 Å². The second kappa shape index (κ2) is 10.4. The summed E-state index contributed by atoms with van der Waals surface area (Å²) in [4.78, 5) is 11.4. The van der Waals surface area contributed by atoms with Crippen LogP contribution in [0.25, 0.3) is 0 Å². The van der Waals surface area contributed by atoms with Gasteiger partial charge in [0, 0.05) is 19.4 Å². The van der Waals surface area contributed by atoms with E-state index in [-0.39, 0.29) is 5.91 Å². The van der Waals surface area contributed by atoms with Crippen molar-refractivity contribution in [2.75, 3.05) is 13.1 Å². The van der Waals surface area contributed by atoms with Gasteiger partial charge in [-0.2, -0.15) is 5.26 Å². The lowest BCUT2D eigenvalue weighted by Crippen LogP contribution is -2.24. The van der Waals surface area contributed by atoms with Gasteiger partial charge >= 0.3 is 0 Å². The number of amides is 1. The van der Waals surface area contributed by atoms with Crippen molar-refractivity contribution in [3.63, 3.8) is 0 Å². The predicted molar refractivity (Wildman–Crippen MR) is 64.5 cm³/mol. The molecular weight excluding hydrogens is 202 g/mol. The van der Waals surface area contributed by atoms with Crippen LogP contribution >= 0.6 is 0 Å². The summed E-state index contributed by atoms with van der Waals surface area (Å²) >= 11 is 0. The summed E-state index contributed by atoms with van der Waals surface area (Å²) < 4.78 is 0. The average molecular weight is 225 g/mol. The van der Waals surface area contributed by atoms with Gasteiger partial charge in [-0.3, -0.25) is 4.79 Å². The third kappa shape index (κ3) is 8.25. The van der Waals surface area contributed by atoms with Crippen LogP contribution in [0.2, 0.25) is 0 Å². The number of unbranched alkanes of at least 4 members (excludes halogenated alkanes) is 1. The summed E-state index contributed by atoms with van der Waals surface area (Å²) in [7, 11) is 0. The Balaban J connectivity index is 3.52. The van der Waals surface area contributed by atoms with Gasteiger partial charge < -0.3 is 11.1 Å². The van der Waals surface area contributed by atoms with Gasteiger partial charge in [0.2, 0.25) is 5.91 Å². The second-order valence-electron chi connectivity index (χ2n) is 4.00. The Kier molecular flexibility index (Phi) is 9.73. The minimum atomic E-state index is 0.0911. The van der Waals surface area contributed by atoms with E-state index in [1.165, 1.54) is 0 Å². The Labute approximate surface area is 98.2 Å². The van der Waals surface area contributed by atoms with E-state index in [1.54, 1.807) is 0 Å². The van der Waals surface area contributed by atoms with E-state index >= 15 is 0 Å². The first-order chi connectivity index (χ1) is 7.74. The lowest BCUT2D eigenvalue weighted by Gasteiger charge is -2.12. The van der Waals surface area contributed by atoms with Crippen LogP contribution in [0.5, 0.6) is 0 Å². The standard InChI is InChI=1S/C12H23N3O/c1-2-11(7-9-14)5-6-12(16)15-10-4-3-8-13/h11H,2-7,9-10,14H2,1H3,(H,15,16). The molecule has 1 amide bonds. The number of nitrogens with zero attached hydrogens (tertiary/aromatic N) is 1. The first-order valence-electron chi connectivity index (χ1n) is 6.08. The zero-order valence-corrected chi connectivity index (χ0v) is 10.2. The molecule has 1 unspecified atom stereocenters. The van der Waals surface area contributed by atoms with Crippen molar-refractivity contribution < 1.29 is 4.79 Å². The summed E-state index contributed by atoms with van der Waals surface area (Å²) in [6.45, 7) is 3.44. The highest BCUT2D eigenvalue weighted by Crippen LogP contribution is 2.14. The number of nitriles is 1. The van der Waals surface area contributed by atoms with Crippen LogP contribution in [0.3, 0.4) is 0 Å². The zero-order valence-electron chi connectivity index (χ0n) is 10.2. The fourth-order valence-electron chi connectivity index (χ4n) is 1.61. The van der Waals surface area contributed by atoms with Gasteiger partial charge in [-0.05, 0) is 31.7 Å². The quantitative estimate of drug-likeness (QED) is 0.584. The molecule has 0 saturated carbocycles. The molecule has 0 fully saturated rings. The largest absolute Gasteiger partial charge is 0.356 e. The van der Waals surface area contributed by atoms with E-state index in [2.05, 4.69) is 18.3 Å². The van der Waals surface area contributed by atoms with Gasteiger partial charge in [0.15, 0.2) is 0 Å². The summed E-state index contributed by atoms with van der Waals surface area (Å²) in [5.74, 6) is 0.656. The first kappa shape index (κ1) is 14.9. The molecule has 92 valence electrons. The van der Waals surface area contributed by atoms with Crippen molar-refractivity contribution in [1.82, 2.24) is 5.32 Å². The SMILES string of the molecule is CCC(CCN)CCC(=O)NCCCC#N. The minimum Gasteiger partial charge on any atom is -0.356 e. The highest BCUT2D eigenvalue weighted by molar-refractivity contribution is 5.75.